The van der Waals surface area contributed by atoms with Crippen LogP contribution in [0.3, 0.4) is 0 Å². The molecule has 0 spiro atoms. The van der Waals surface area contributed by atoms with Gasteiger partial charge in [-0.3, -0.25) is 29.4 Å². The van der Waals surface area contributed by atoms with E-state index in [9.17, 15) is 34.1 Å². The van der Waals surface area contributed by atoms with Crippen molar-refractivity contribution >= 4 is 35.7 Å². The Kier molecular flexibility index (Phi) is 15.7. The first-order chi connectivity index (χ1) is 25.4. The highest BCUT2D eigenvalue weighted by molar-refractivity contribution is 5.77. The lowest BCUT2D eigenvalue weighted by atomic mass is 9.97. The quantitative estimate of drug-likeness (QED) is 0.0745. The minimum Gasteiger partial charge on any atom is -0.467 e. The second-order valence-corrected chi connectivity index (χ2v) is 13.2. The molecule has 1 heterocycles. The molecule has 1 saturated heterocycles. The minimum absolute atomic E-state index is 0.0798. The predicted octanol–water partition coefficient (Wildman–Crippen LogP) is 3.16. The average Bonchev–Trinajstić information content (AvgIpc) is 3.09. The second kappa shape index (κ2) is 19.7. The third kappa shape index (κ3) is 13.0. The van der Waals surface area contributed by atoms with Gasteiger partial charge in [0, 0.05) is 46.3 Å². The first kappa shape index (κ1) is 43.1. The Morgan fingerprint density at radius 2 is 1.46 bits per heavy atom. The number of methoxy groups -OCH3 is 1. The predicted molar refractivity (Wildman–Crippen MR) is 187 cm³/mol. The van der Waals surface area contributed by atoms with Gasteiger partial charge >= 0.3 is 35.7 Å². The third-order valence-corrected chi connectivity index (χ3v) is 7.82. The summed E-state index contributed by atoms with van der Waals surface area (Å²) in [5, 5.41) is 12.2. The summed E-state index contributed by atoms with van der Waals surface area (Å²) in [6, 6.07) is 13.4. The molecule has 3 rings (SSSR count). The number of hydrogen-bond donors (Lipinski definition) is 0. The number of likely N-dealkylation sites (N-methyl/N-ethyl adjacent to an activating group) is 1. The highest BCUT2D eigenvalue weighted by Gasteiger charge is 2.56. The van der Waals surface area contributed by atoms with Crippen LogP contribution in [-0.4, -0.2) is 122 Å². The molecular formula is C36H47N3O15. The van der Waals surface area contributed by atoms with Crippen molar-refractivity contribution in [3.63, 3.8) is 0 Å². The van der Waals surface area contributed by atoms with Gasteiger partial charge in [-0.2, -0.15) is 0 Å². The number of rotatable bonds is 17. The van der Waals surface area contributed by atoms with Gasteiger partial charge in [0.2, 0.25) is 12.4 Å². The summed E-state index contributed by atoms with van der Waals surface area (Å²) in [6.45, 7) is 7.21. The van der Waals surface area contributed by atoms with Gasteiger partial charge in [0.05, 0.1) is 17.6 Å². The Morgan fingerprint density at radius 1 is 0.852 bits per heavy atom. The maximum Gasteiger partial charge on any atom is 0.411 e. The van der Waals surface area contributed by atoms with Gasteiger partial charge in [0.25, 0.3) is 0 Å². The Bertz CT molecular complexity index is 1630. The van der Waals surface area contributed by atoms with Crippen molar-refractivity contribution in [3.8, 4) is 5.75 Å². The van der Waals surface area contributed by atoms with E-state index < -0.39 is 82.6 Å². The van der Waals surface area contributed by atoms with Crippen LogP contribution in [0.1, 0.15) is 45.7 Å². The molecule has 5 atom stereocenters. The fourth-order valence-corrected chi connectivity index (χ4v) is 5.35. The lowest BCUT2D eigenvalue weighted by Gasteiger charge is -2.42. The van der Waals surface area contributed by atoms with Gasteiger partial charge in [-0.1, -0.05) is 36.4 Å². The smallest absolute Gasteiger partial charge is 0.411 e. The summed E-state index contributed by atoms with van der Waals surface area (Å²) in [7, 11) is 4.72. The standard InChI is InChI=1S/C36H47N3O15/c1-22(40)50-29-30(51-23(2)41)32(52-24(3)42)34(54-31(29)33(43)47-8)53-28-15-14-26(18-27(28)39(45)46)20-48-35(44)38(17-16-37(6)7)21-49-36(4,5)19-25-12-10-9-11-13-25/h9-15,18,29-32,34H,16-17,19-21H2,1-8H3/t29-,30-,31-,32+,34+/m0/s1. The summed E-state index contributed by atoms with van der Waals surface area (Å²) in [6.07, 6.45) is -8.75. The third-order valence-electron chi connectivity index (χ3n) is 7.82. The maximum atomic E-state index is 13.3. The SMILES string of the molecule is COC(=O)[C@H]1O[C@@H](Oc2ccc(COC(=O)N(CCN(C)C)COC(C)(C)Cc3ccccc3)cc2[N+](=O)[O-])[C@H](OC(C)=O)[C@@H](OC(C)=O)[C@@H]1OC(C)=O. The molecule has 18 heteroatoms. The summed E-state index contributed by atoms with van der Waals surface area (Å²) in [5.74, 6) is -4.22. The molecule has 0 saturated carbocycles. The maximum absolute atomic E-state index is 13.3. The number of nitro benzene ring substituents is 1. The van der Waals surface area contributed by atoms with E-state index in [-0.39, 0.29) is 25.4 Å². The van der Waals surface area contributed by atoms with Crippen LogP contribution in [0.4, 0.5) is 10.5 Å². The van der Waals surface area contributed by atoms with Gasteiger partial charge in [0.1, 0.15) is 13.3 Å². The molecule has 54 heavy (non-hydrogen) atoms. The lowest BCUT2D eigenvalue weighted by molar-refractivity contribution is -0.387. The highest BCUT2D eigenvalue weighted by Crippen LogP contribution is 2.35. The first-order valence-corrected chi connectivity index (χ1v) is 16.8. The number of benzene rings is 2. The van der Waals surface area contributed by atoms with Crippen molar-refractivity contribution < 1.29 is 66.8 Å². The summed E-state index contributed by atoms with van der Waals surface area (Å²) in [5.41, 5.74) is 0.0301. The molecule has 296 valence electrons. The number of carbonyl (C=O) groups excluding carboxylic acids is 5. The van der Waals surface area contributed by atoms with E-state index in [1.165, 1.54) is 17.0 Å². The molecule has 1 amide bonds. The van der Waals surface area contributed by atoms with Gasteiger partial charge in [-0.25, -0.2) is 9.59 Å². The number of esters is 4. The Morgan fingerprint density at radius 3 is 2.04 bits per heavy atom. The van der Waals surface area contributed by atoms with Crippen LogP contribution in [0.15, 0.2) is 48.5 Å². The van der Waals surface area contributed by atoms with E-state index >= 15 is 0 Å². The molecule has 1 fully saturated rings. The number of carbonyl (C=O) groups is 5. The van der Waals surface area contributed by atoms with Crippen molar-refractivity contribution in [3.05, 3.63) is 69.8 Å². The zero-order chi connectivity index (χ0) is 40.2. The Hall–Kier alpha value is -5.33. The molecule has 2 aromatic rings. The van der Waals surface area contributed by atoms with Crippen molar-refractivity contribution in [2.45, 2.75) is 84.0 Å². The zero-order valence-corrected chi connectivity index (χ0v) is 31.5. The molecule has 18 nitrogen and oxygen atoms in total. The molecule has 0 radical (unpaired) electrons. The van der Waals surface area contributed by atoms with E-state index in [0.29, 0.717) is 13.0 Å². The molecule has 0 aromatic heterocycles. The topological polar surface area (TPSA) is 209 Å². The highest BCUT2D eigenvalue weighted by atomic mass is 16.7. The number of nitrogens with zero attached hydrogens (tertiary/aromatic N) is 3. The minimum atomic E-state index is -1.83. The monoisotopic (exact) mass is 761 g/mol. The number of hydrogen-bond acceptors (Lipinski definition) is 16. The normalized spacial score (nSPS) is 19.6. The second-order valence-electron chi connectivity index (χ2n) is 13.2. The molecule has 1 aliphatic rings. The van der Waals surface area contributed by atoms with Crippen molar-refractivity contribution in [2.75, 3.05) is 41.0 Å². The Labute approximate surface area is 312 Å². The Balaban J connectivity index is 1.84. The van der Waals surface area contributed by atoms with Crippen LogP contribution >= 0.6 is 0 Å². The number of ether oxygens (including phenoxy) is 8. The van der Waals surface area contributed by atoms with E-state index in [1.54, 1.807) is 0 Å². The molecule has 0 unspecified atom stereocenters. The molecule has 0 bridgehead atoms. The fourth-order valence-electron chi connectivity index (χ4n) is 5.35. The van der Waals surface area contributed by atoms with E-state index in [0.717, 1.165) is 39.5 Å². The molecule has 0 aliphatic carbocycles. The van der Waals surface area contributed by atoms with E-state index in [4.69, 9.17) is 37.9 Å². The van der Waals surface area contributed by atoms with Gasteiger partial charge in [-0.05, 0) is 45.1 Å². The zero-order valence-electron chi connectivity index (χ0n) is 31.5. The molecular weight excluding hydrogens is 714 g/mol. The molecule has 1 aliphatic heterocycles. The first-order valence-electron chi connectivity index (χ1n) is 16.8. The van der Waals surface area contributed by atoms with Crippen molar-refractivity contribution in [1.82, 2.24) is 9.80 Å². The largest absolute Gasteiger partial charge is 0.467 e. The average molecular weight is 762 g/mol. The number of amides is 1. The van der Waals surface area contributed by atoms with Crippen LogP contribution < -0.4 is 4.74 Å². The molecule has 0 N–H and O–H groups in total. The van der Waals surface area contributed by atoms with Crippen LogP contribution in [0.5, 0.6) is 5.75 Å². The molecule has 2 aromatic carbocycles. The van der Waals surface area contributed by atoms with E-state index in [1.807, 2.05) is 63.2 Å². The van der Waals surface area contributed by atoms with Crippen molar-refractivity contribution in [1.29, 1.82) is 0 Å². The van der Waals surface area contributed by atoms with Crippen LogP contribution in [0, 0.1) is 10.1 Å². The van der Waals surface area contributed by atoms with Crippen LogP contribution in [0.25, 0.3) is 0 Å². The summed E-state index contributed by atoms with van der Waals surface area (Å²) in [4.78, 5) is 76.9. The van der Waals surface area contributed by atoms with Crippen LogP contribution in [-0.2, 0) is 65.4 Å². The van der Waals surface area contributed by atoms with E-state index in [2.05, 4.69) is 0 Å². The lowest BCUT2D eigenvalue weighted by Crippen LogP contribution is -2.64. The summed E-state index contributed by atoms with van der Waals surface area (Å²) >= 11 is 0. The van der Waals surface area contributed by atoms with Gasteiger partial charge in [0.15, 0.2) is 24.1 Å². The van der Waals surface area contributed by atoms with Gasteiger partial charge < -0.3 is 42.8 Å². The number of nitro groups is 1. The fraction of sp³-hybridized carbons (Fsp3) is 0.528. The van der Waals surface area contributed by atoms with Gasteiger partial charge in [-0.15, -0.1) is 0 Å². The van der Waals surface area contributed by atoms with Crippen molar-refractivity contribution in [2.24, 2.45) is 0 Å². The summed E-state index contributed by atoms with van der Waals surface area (Å²) < 4.78 is 43.8. The van der Waals surface area contributed by atoms with Crippen LogP contribution in [0.2, 0.25) is 0 Å².